The van der Waals surface area contributed by atoms with Crippen molar-refractivity contribution in [1.82, 2.24) is 44.9 Å². The number of anilines is 2. The lowest BCUT2D eigenvalue weighted by Crippen LogP contribution is -2.49. The lowest BCUT2D eigenvalue weighted by molar-refractivity contribution is -0.134. The molecule has 69 heavy (non-hydrogen) atoms. The maximum absolute atomic E-state index is 15.7. The summed E-state index contributed by atoms with van der Waals surface area (Å²) in [6, 6.07) is 12.5. The zero-order valence-electron chi connectivity index (χ0n) is 37.7. The molecule has 10 rings (SSSR count). The van der Waals surface area contributed by atoms with Gasteiger partial charge in [-0.2, -0.15) is 0 Å². The molecule has 6 amide bonds. The van der Waals surface area contributed by atoms with Crippen molar-refractivity contribution in [3.05, 3.63) is 123 Å². The van der Waals surface area contributed by atoms with Gasteiger partial charge in [0.05, 0.1) is 25.1 Å². The first-order chi connectivity index (χ1) is 33.5. The Morgan fingerprint density at radius 2 is 1.68 bits per heavy atom. The van der Waals surface area contributed by atoms with Gasteiger partial charge in [0, 0.05) is 83.5 Å². The number of imide groups is 1. The molecular weight excluding hydrogens is 902 g/mol. The van der Waals surface area contributed by atoms with Crippen molar-refractivity contribution >= 4 is 57.6 Å². The number of imidazole rings is 1. The Hall–Kier alpha value is -7.30. The van der Waals surface area contributed by atoms with Crippen molar-refractivity contribution in [2.24, 2.45) is 0 Å². The molecule has 3 fully saturated rings. The van der Waals surface area contributed by atoms with Crippen molar-refractivity contribution in [3.8, 4) is 11.8 Å². The first kappa shape index (κ1) is 45.5. The van der Waals surface area contributed by atoms with Crippen molar-refractivity contribution in [2.45, 2.75) is 88.5 Å². The van der Waals surface area contributed by atoms with E-state index in [1.807, 2.05) is 21.6 Å². The predicted molar refractivity (Wildman–Crippen MR) is 252 cm³/mol. The quantitative estimate of drug-likeness (QED) is 0.108. The summed E-state index contributed by atoms with van der Waals surface area (Å²) in [7, 11) is 0. The molecule has 4 N–H and O–H groups in total. The third-order valence-corrected chi connectivity index (χ3v) is 14.4. The zero-order chi connectivity index (χ0) is 47.6. The smallest absolute Gasteiger partial charge is 0.270 e. The number of fused-ring (bicyclic) bond motifs is 2. The van der Waals surface area contributed by atoms with Crippen LogP contribution in [0.4, 0.5) is 15.2 Å². The molecule has 354 valence electrons. The highest BCUT2D eigenvalue weighted by Crippen LogP contribution is 2.37. The van der Waals surface area contributed by atoms with Crippen LogP contribution >= 0.6 is 11.3 Å². The molecule has 2 atom stereocenters. The van der Waals surface area contributed by atoms with Gasteiger partial charge in [-0.1, -0.05) is 24.0 Å². The second kappa shape index (κ2) is 19.7. The SMILES string of the molecule is O=C1CCC(Nc2ccc(C3CCN(CC(=O)N4CCC(NC(=O)c5ccc(C#Cc6cc(F)c7c(c6)C(=O)N(C(C(=O)Nc6nccs6)c6ncn8c6CCC8)C7)cn5)CC4)CC3)cc2)C(=O)N1. The van der Waals surface area contributed by atoms with Gasteiger partial charge in [-0.3, -0.25) is 44.3 Å². The summed E-state index contributed by atoms with van der Waals surface area (Å²) in [5.41, 5.74) is 4.69. The number of hydrogen-bond donors (Lipinski definition) is 4. The molecule has 0 aliphatic carbocycles. The highest BCUT2D eigenvalue weighted by molar-refractivity contribution is 7.13. The number of nitrogens with one attached hydrogen (secondary N) is 4. The third-order valence-electron chi connectivity index (χ3n) is 13.7. The van der Waals surface area contributed by atoms with Gasteiger partial charge in [0.15, 0.2) is 11.2 Å². The molecule has 17 nitrogen and oxygen atoms in total. The first-order valence-electron chi connectivity index (χ1n) is 23.4. The second-order valence-electron chi connectivity index (χ2n) is 18.2. The van der Waals surface area contributed by atoms with E-state index in [1.165, 1.54) is 40.1 Å². The lowest BCUT2D eigenvalue weighted by Gasteiger charge is -2.36. The van der Waals surface area contributed by atoms with Crippen LogP contribution < -0.4 is 21.3 Å². The number of nitrogens with zero attached hydrogens (tertiary/aromatic N) is 7. The molecule has 8 heterocycles. The Balaban J connectivity index is 0.684. The molecule has 2 unspecified atom stereocenters. The largest absolute Gasteiger partial charge is 0.374 e. The highest BCUT2D eigenvalue weighted by Gasteiger charge is 2.42. The lowest BCUT2D eigenvalue weighted by atomic mass is 9.89. The predicted octanol–water partition coefficient (Wildman–Crippen LogP) is 4.37. The van der Waals surface area contributed by atoms with Gasteiger partial charge in [-0.25, -0.2) is 19.3 Å². The summed E-state index contributed by atoms with van der Waals surface area (Å²) in [5.74, 6) is 3.91. The van der Waals surface area contributed by atoms with E-state index in [1.54, 1.807) is 30.0 Å². The topological polar surface area (TPSA) is 204 Å². The average molecular weight is 952 g/mol. The van der Waals surface area contributed by atoms with Crippen LogP contribution in [0, 0.1) is 17.7 Å². The monoisotopic (exact) mass is 951 g/mol. The number of hydrogen-bond acceptors (Lipinski definition) is 12. The minimum atomic E-state index is -1.10. The summed E-state index contributed by atoms with van der Waals surface area (Å²) in [6.07, 6.45) is 10.3. The number of amides is 6. The zero-order valence-corrected chi connectivity index (χ0v) is 38.5. The van der Waals surface area contributed by atoms with E-state index in [-0.39, 0.29) is 58.6 Å². The Kier molecular flexibility index (Phi) is 13.0. The summed E-state index contributed by atoms with van der Waals surface area (Å²) >= 11 is 1.25. The molecule has 19 heteroatoms. The summed E-state index contributed by atoms with van der Waals surface area (Å²) in [5, 5.41) is 13.6. The Morgan fingerprint density at radius 1 is 0.884 bits per heavy atom. The number of rotatable bonds is 11. The number of carbonyl (C=O) groups is 6. The van der Waals surface area contributed by atoms with Crippen molar-refractivity contribution < 1.29 is 33.2 Å². The maximum Gasteiger partial charge on any atom is 0.270 e. The minimum absolute atomic E-state index is 0.0888. The summed E-state index contributed by atoms with van der Waals surface area (Å²) in [4.78, 5) is 96.3. The molecule has 0 radical (unpaired) electrons. The minimum Gasteiger partial charge on any atom is -0.374 e. The third kappa shape index (κ3) is 9.99. The van der Waals surface area contributed by atoms with Crippen LogP contribution in [0.5, 0.6) is 0 Å². The Morgan fingerprint density at radius 3 is 2.42 bits per heavy atom. The number of benzene rings is 2. The van der Waals surface area contributed by atoms with E-state index in [0.29, 0.717) is 74.0 Å². The average Bonchev–Trinajstić information content (AvgIpc) is 4.18. The van der Waals surface area contributed by atoms with Crippen LogP contribution in [-0.4, -0.2) is 114 Å². The molecule has 3 aromatic heterocycles. The van der Waals surface area contributed by atoms with Crippen LogP contribution in [0.15, 0.2) is 72.6 Å². The molecule has 0 spiro atoms. The summed E-state index contributed by atoms with van der Waals surface area (Å²) in [6.45, 7) is 3.74. The number of aromatic nitrogens is 4. The van der Waals surface area contributed by atoms with Gasteiger partial charge in [0.2, 0.25) is 17.7 Å². The van der Waals surface area contributed by atoms with Gasteiger partial charge >= 0.3 is 0 Å². The van der Waals surface area contributed by atoms with Crippen LogP contribution in [0.25, 0.3) is 0 Å². The van der Waals surface area contributed by atoms with Gasteiger partial charge in [0.25, 0.3) is 17.7 Å². The number of halogens is 1. The molecule has 5 aromatic rings. The maximum atomic E-state index is 15.7. The number of pyridine rings is 1. The van der Waals surface area contributed by atoms with E-state index in [4.69, 9.17) is 0 Å². The standard InChI is InChI=1S/C50H50FN11O6S/c51-38-25-31(24-36-37(38)27-62(49(36)68)45(48(67)58-50-52-17-23-69-50)44-41-2-1-18-61(41)29-54-44)4-3-30-5-10-39(53-26-30)46(65)56-35-15-21-60(22-16-35)43(64)28-59-19-13-33(14-20-59)32-6-8-34(9-7-32)55-40-11-12-42(63)57-47(40)66/h5-10,17,23-26,29,33,35,40,45,55H,1-2,11-16,18-22,27-28H2,(H,56,65)(H,52,58,67)(H,57,63,66). The van der Waals surface area contributed by atoms with E-state index in [9.17, 15) is 28.8 Å². The molecule has 5 aliphatic heterocycles. The van der Waals surface area contributed by atoms with Gasteiger partial charge in [-0.05, 0) is 106 Å². The summed E-state index contributed by atoms with van der Waals surface area (Å²) < 4.78 is 17.7. The molecule has 0 saturated carbocycles. The van der Waals surface area contributed by atoms with E-state index in [2.05, 4.69) is 65.1 Å². The van der Waals surface area contributed by atoms with Crippen molar-refractivity contribution in [2.75, 3.05) is 43.4 Å². The van der Waals surface area contributed by atoms with Gasteiger partial charge in [0.1, 0.15) is 17.6 Å². The number of piperidine rings is 3. The molecule has 2 aromatic carbocycles. The first-order valence-corrected chi connectivity index (χ1v) is 24.3. The second-order valence-corrected chi connectivity index (χ2v) is 19.0. The van der Waals surface area contributed by atoms with Crippen LogP contribution in [0.3, 0.4) is 0 Å². The fourth-order valence-corrected chi connectivity index (χ4v) is 10.5. The van der Waals surface area contributed by atoms with Crippen molar-refractivity contribution in [1.29, 1.82) is 0 Å². The van der Waals surface area contributed by atoms with E-state index < -0.39 is 29.7 Å². The highest BCUT2D eigenvalue weighted by atomic mass is 32.1. The molecule has 0 bridgehead atoms. The number of likely N-dealkylation sites (tertiary alicyclic amines) is 2. The normalized spacial score (nSPS) is 19.0. The molecular formula is C50H50FN11O6S. The number of carbonyl (C=O) groups excluding carboxylic acids is 6. The van der Waals surface area contributed by atoms with Gasteiger partial charge in [-0.15, -0.1) is 11.3 Å². The Bertz CT molecular complexity index is 2860. The van der Waals surface area contributed by atoms with Crippen LogP contribution in [-0.2, 0) is 38.7 Å². The fraction of sp³-hybridized carbons (Fsp3) is 0.380. The number of thiazole rings is 1. The Labute approximate surface area is 401 Å². The van der Waals surface area contributed by atoms with E-state index >= 15 is 4.39 Å². The fourth-order valence-electron chi connectivity index (χ4n) is 9.95. The molecule has 5 aliphatic rings. The van der Waals surface area contributed by atoms with Crippen molar-refractivity contribution in [3.63, 3.8) is 0 Å². The number of aryl methyl sites for hydroxylation is 1. The van der Waals surface area contributed by atoms with Crippen LogP contribution in [0.2, 0.25) is 0 Å². The van der Waals surface area contributed by atoms with E-state index in [0.717, 1.165) is 50.3 Å². The van der Waals surface area contributed by atoms with Gasteiger partial charge < -0.3 is 25.0 Å². The molecule has 3 saturated heterocycles. The van der Waals surface area contributed by atoms with Crippen LogP contribution in [0.1, 0.15) is 111 Å².